The minimum absolute atomic E-state index is 0.249. The fourth-order valence-corrected chi connectivity index (χ4v) is 2.66. The van der Waals surface area contributed by atoms with E-state index in [1.807, 2.05) is 6.92 Å². The van der Waals surface area contributed by atoms with Crippen LogP contribution in [0, 0.1) is 0 Å². The maximum absolute atomic E-state index is 12.0. The van der Waals surface area contributed by atoms with Gasteiger partial charge >= 0.3 is 0 Å². The number of nitrogens with one attached hydrogen (secondary N) is 2. The Morgan fingerprint density at radius 3 is 2.90 bits per heavy atom. The van der Waals surface area contributed by atoms with Crippen molar-refractivity contribution in [3.63, 3.8) is 0 Å². The molecule has 2 heterocycles. The fraction of sp³-hybridized carbons (Fsp3) is 0.600. The van der Waals surface area contributed by atoms with Crippen molar-refractivity contribution in [2.45, 2.75) is 25.8 Å². The zero-order chi connectivity index (χ0) is 15.2. The Bertz CT molecular complexity index is 492. The Morgan fingerprint density at radius 1 is 1.52 bits per heavy atom. The molecule has 6 heteroatoms. The number of carbonyl (C=O) groups is 2. The molecule has 0 saturated carbocycles. The lowest BCUT2D eigenvalue weighted by Crippen LogP contribution is -2.44. The topological polar surface area (TPSA) is 66.4 Å². The summed E-state index contributed by atoms with van der Waals surface area (Å²) in [4.78, 5) is 26.0. The lowest BCUT2D eigenvalue weighted by Gasteiger charge is -2.23. The first kappa shape index (κ1) is 15.7. The number of hydrogen-bond donors (Lipinski definition) is 2. The largest absolute Gasteiger partial charge is 0.347 e. The molecule has 21 heavy (non-hydrogen) atoms. The first-order valence-corrected chi connectivity index (χ1v) is 7.51. The van der Waals surface area contributed by atoms with Crippen molar-refractivity contribution in [1.29, 1.82) is 0 Å². The average molecular weight is 292 g/mol. The van der Waals surface area contributed by atoms with E-state index < -0.39 is 0 Å². The molecule has 0 spiro atoms. The highest BCUT2D eigenvalue weighted by Gasteiger charge is 2.20. The second-order valence-electron chi connectivity index (χ2n) is 5.50. The Labute approximate surface area is 125 Å². The molecular weight excluding hydrogens is 268 g/mol. The van der Waals surface area contributed by atoms with Crippen LogP contribution in [0.3, 0.4) is 0 Å². The smallest absolute Gasteiger partial charge is 0.274 e. The van der Waals surface area contributed by atoms with Crippen molar-refractivity contribution in [3.05, 3.63) is 24.0 Å². The summed E-state index contributed by atoms with van der Waals surface area (Å²) in [5.74, 6) is -0.594. The molecule has 1 aromatic rings. The molecule has 1 aliphatic rings. The van der Waals surface area contributed by atoms with Crippen LogP contribution >= 0.6 is 0 Å². The van der Waals surface area contributed by atoms with E-state index in [2.05, 4.69) is 15.5 Å². The Kier molecular flexibility index (Phi) is 5.52. The number of imide groups is 1. The quantitative estimate of drug-likeness (QED) is 0.794. The average Bonchev–Trinajstić information content (AvgIpc) is 3.09. The number of hydrogen-bond acceptors (Lipinski definition) is 4. The molecule has 0 aliphatic carbocycles. The van der Waals surface area contributed by atoms with Gasteiger partial charge in [-0.25, -0.2) is 0 Å². The van der Waals surface area contributed by atoms with Crippen molar-refractivity contribution < 1.29 is 9.59 Å². The van der Waals surface area contributed by atoms with Crippen molar-refractivity contribution in [2.75, 3.05) is 26.2 Å². The molecule has 1 fully saturated rings. The van der Waals surface area contributed by atoms with Crippen molar-refractivity contribution >= 4 is 11.8 Å². The molecule has 2 rings (SSSR count). The Morgan fingerprint density at radius 2 is 2.33 bits per heavy atom. The minimum atomic E-state index is -0.345. The summed E-state index contributed by atoms with van der Waals surface area (Å²) in [6.07, 6.45) is 4.13. The van der Waals surface area contributed by atoms with Crippen LogP contribution in [0.2, 0.25) is 0 Å². The van der Waals surface area contributed by atoms with Crippen LogP contribution in [0.15, 0.2) is 18.3 Å². The van der Waals surface area contributed by atoms with E-state index in [9.17, 15) is 9.59 Å². The fourth-order valence-electron chi connectivity index (χ4n) is 2.66. The standard InChI is InChI=1S/C15H24N4O2/c1-3-19(10-12-6-4-8-16-12)11-14(20)17-15(21)13-7-5-9-18(13)2/h5,7,9,12,16H,3-4,6,8,10-11H2,1-2H3,(H,17,20,21). The summed E-state index contributed by atoms with van der Waals surface area (Å²) in [5, 5.41) is 5.87. The van der Waals surface area contributed by atoms with Gasteiger partial charge in [0.1, 0.15) is 5.69 Å². The molecule has 1 saturated heterocycles. The van der Waals surface area contributed by atoms with Crippen molar-refractivity contribution in [2.24, 2.45) is 7.05 Å². The predicted molar refractivity (Wildman–Crippen MR) is 81.0 cm³/mol. The third kappa shape index (κ3) is 4.41. The highest BCUT2D eigenvalue weighted by atomic mass is 16.2. The SMILES string of the molecule is CCN(CC(=O)NC(=O)c1cccn1C)CC1CCCN1. The number of carbonyl (C=O) groups excluding carboxylic acids is 2. The van der Waals surface area contributed by atoms with E-state index in [4.69, 9.17) is 0 Å². The Hall–Kier alpha value is -1.66. The highest BCUT2D eigenvalue weighted by molar-refractivity contribution is 6.04. The molecule has 1 aromatic heterocycles. The van der Waals surface area contributed by atoms with Gasteiger partial charge in [-0.3, -0.25) is 19.8 Å². The molecule has 1 unspecified atom stereocenters. The Balaban J connectivity index is 1.82. The second-order valence-corrected chi connectivity index (χ2v) is 5.50. The molecule has 0 radical (unpaired) electrons. The second kappa shape index (κ2) is 7.38. The summed E-state index contributed by atoms with van der Waals surface area (Å²) < 4.78 is 1.70. The minimum Gasteiger partial charge on any atom is -0.347 e. The summed E-state index contributed by atoms with van der Waals surface area (Å²) in [6, 6.07) is 3.94. The molecule has 6 nitrogen and oxygen atoms in total. The van der Waals surface area contributed by atoms with Crippen LogP contribution < -0.4 is 10.6 Å². The van der Waals surface area contributed by atoms with Gasteiger partial charge in [-0.15, -0.1) is 0 Å². The van der Waals surface area contributed by atoms with Gasteiger partial charge in [0.25, 0.3) is 5.91 Å². The van der Waals surface area contributed by atoms with Crippen molar-refractivity contribution in [3.8, 4) is 0 Å². The van der Waals surface area contributed by atoms with Crippen LogP contribution in [0.1, 0.15) is 30.3 Å². The molecule has 1 atom stereocenters. The number of rotatable bonds is 6. The van der Waals surface area contributed by atoms with Crippen LogP contribution in [-0.2, 0) is 11.8 Å². The van der Waals surface area contributed by atoms with E-state index >= 15 is 0 Å². The van der Waals surface area contributed by atoms with Crippen LogP contribution in [0.25, 0.3) is 0 Å². The number of amides is 2. The van der Waals surface area contributed by atoms with Crippen LogP contribution in [-0.4, -0.2) is 53.5 Å². The summed E-state index contributed by atoms with van der Waals surface area (Å²) in [5.41, 5.74) is 0.490. The first-order chi connectivity index (χ1) is 10.1. The molecule has 0 bridgehead atoms. The lowest BCUT2D eigenvalue weighted by atomic mass is 10.2. The maximum atomic E-state index is 12.0. The van der Waals surface area contributed by atoms with Crippen LogP contribution in [0.4, 0.5) is 0 Å². The summed E-state index contributed by atoms with van der Waals surface area (Å²) >= 11 is 0. The predicted octanol–water partition coefficient (Wildman–Crippen LogP) is 0.355. The number of aromatic nitrogens is 1. The van der Waals surface area contributed by atoms with Crippen LogP contribution in [0.5, 0.6) is 0 Å². The van der Waals surface area contributed by atoms with Gasteiger partial charge in [-0.1, -0.05) is 6.92 Å². The highest BCUT2D eigenvalue weighted by Crippen LogP contribution is 2.06. The third-order valence-electron chi connectivity index (χ3n) is 3.88. The maximum Gasteiger partial charge on any atom is 0.274 e. The van der Waals surface area contributed by atoms with E-state index in [-0.39, 0.29) is 18.4 Å². The summed E-state index contributed by atoms with van der Waals surface area (Å²) in [7, 11) is 1.78. The zero-order valence-corrected chi connectivity index (χ0v) is 12.8. The van der Waals surface area contributed by atoms with Gasteiger partial charge in [0.15, 0.2) is 0 Å². The van der Waals surface area contributed by atoms with Gasteiger partial charge in [0, 0.05) is 25.8 Å². The van der Waals surface area contributed by atoms with E-state index in [0.29, 0.717) is 11.7 Å². The number of aryl methyl sites for hydroxylation is 1. The number of likely N-dealkylation sites (N-methyl/N-ethyl adjacent to an activating group) is 1. The van der Waals surface area contributed by atoms with E-state index in [1.54, 1.807) is 29.9 Å². The first-order valence-electron chi connectivity index (χ1n) is 7.51. The van der Waals surface area contributed by atoms with Gasteiger partial charge < -0.3 is 9.88 Å². The molecular formula is C15H24N4O2. The zero-order valence-electron chi connectivity index (χ0n) is 12.8. The van der Waals surface area contributed by atoms with Gasteiger partial charge in [0.05, 0.1) is 6.54 Å². The molecule has 2 N–H and O–H groups in total. The third-order valence-corrected chi connectivity index (χ3v) is 3.88. The van der Waals surface area contributed by atoms with E-state index in [0.717, 1.165) is 26.1 Å². The number of nitrogens with zero attached hydrogens (tertiary/aromatic N) is 2. The van der Waals surface area contributed by atoms with Gasteiger partial charge in [-0.05, 0) is 38.1 Å². The molecule has 0 aromatic carbocycles. The summed E-state index contributed by atoms with van der Waals surface area (Å²) in [6.45, 7) is 4.98. The molecule has 2 amide bonds. The molecule has 116 valence electrons. The molecule has 1 aliphatic heterocycles. The van der Waals surface area contributed by atoms with E-state index in [1.165, 1.54) is 6.42 Å². The normalized spacial score (nSPS) is 18.1. The monoisotopic (exact) mass is 292 g/mol. The lowest BCUT2D eigenvalue weighted by molar-refractivity contribution is -0.121. The van der Waals surface area contributed by atoms with Gasteiger partial charge in [-0.2, -0.15) is 0 Å². The van der Waals surface area contributed by atoms with Gasteiger partial charge in [0.2, 0.25) is 5.91 Å². The van der Waals surface area contributed by atoms with Crippen molar-refractivity contribution in [1.82, 2.24) is 20.1 Å².